The first-order valence-electron chi connectivity index (χ1n) is 10.6. The molecule has 0 unspecified atom stereocenters. The number of nitrogens with zero attached hydrogens (tertiary/aromatic N) is 4. The third-order valence-electron chi connectivity index (χ3n) is 5.68. The van der Waals surface area contributed by atoms with E-state index in [4.69, 9.17) is 4.42 Å². The first-order chi connectivity index (χ1) is 15.3. The van der Waals surface area contributed by atoms with Crippen LogP contribution in [0.4, 0.5) is 19.2 Å². The van der Waals surface area contributed by atoms with Gasteiger partial charge in [-0.2, -0.15) is 13.2 Å². The molecule has 1 aliphatic heterocycles. The first kappa shape index (κ1) is 22.1. The van der Waals surface area contributed by atoms with Crippen LogP contribution in [0.15, 0.2) is 28.7 Å². The molecule has 2 aliphatic rings. The van der Waals surface area contributed by atoms with Gasteiger partial charge in [0.2, 0.25) is 0 Å². The van der Waals surface area contributed by atoms with Gasteiger partial charge in [-0.1, -0.05) is 30.1 Å². The Morgan fingerprint density at radius 1 is 1.09 bits per heavy atom. The molecule has 1 N–H and O–H groups in total. The summed E-state index contributed by atoms with van der Waals surface area (Å²) in [5.74, 6) is -0.440. The zero-order valence-corrected chi connectivity index (χ0v) is 17.4. The summed E-state index contributed by atoms with van der Waals surface area (Å²) in [5.41, 5.74) is -1.32. The molecule has 32 heavy (non-hydrogen) atoms. The summed E-state index contributed by atoms with van der Waals surface area (Å²) in [7, 11) is 0. The normalized spacial score (nSPS) is 16.8. The number of amides is 2. The van der Waals surface area contributed by atoms with Crippen LogP contribution >= 0.6 is 0 Å². The minimum absolute atomic E-state index is 0.135. The van der Waals surface area contributed by atoms with E-state index in [0.29, 0.717) is 19.6 Å². The fraction of sp³-hybridized carbons (Fsp3) is 0.524. The second-order valence-corrected chi connectivity index (χ2v) is 8.05. The molecule has 1 aromatic heterocycles. The van der Waals surface area contributed by atoms with Crippen LogP contribution in [0.1, 0.15) is 52.3 Å². The van der Waals surface area contributed by atoms with Gasteiger partial charge in [-0.05, 0) is 30.9 Å². The van der Waals surface area contributed by atoms with Crippen molar-refractivity contribution >= 4 is 17.8 Å². The summed E-state index contributed by atoms with van der Waals surface area (Å²) in [6.07, 6.45) is -0.0489. The summed E-state index contributed by atoms with van der Waals surface area (Å²) < 4.78 is 45.1. The Bertz CT molecular complexity index is 966. The predicted molar refractivity (Wildman–Crippen MR) is 108 cm³/mol. The van der Waals surface area contributed by atoms with Gasteiger partial charge in [0.15, 0.2) is 0 Å². The van der Waals surface area contributed by atoms with Crippen molar-refractivity contribution in [3.63, 3.8) is 0 Å². The van der Waals surface area contributed by atoms with Crippen LogP contribution in [-0.4, -0.2) is 59.6 Å². The van der Waals surface area contributed by atoms with Crippen molar-refractivity contribution in [2.24, 2.45) is 5.92 Å². The maximum absolute atomic E-state index is 13.2. The zero-order valence-electron chi connectivity index (χ0n) is 17.4. The molecule has 2 heterocycles. The number of halogens is 3. The van der Waals surface area contributed by atoms with Gasteiger partial charge in [-0.25, -0.2) is 0 Å². The standard InChI is InChI=1S/C21H24F3N5O3/c22-21(23,24)16-6-2-1-5-15(16)19(31)28-10-12-29(13-11-28)20-27-26-18(32-20)17(30)25-9-3-4-14-7-8-14/h1-2,5-6,14H,3-4,7-13H2,(H,25,30). The van der Waals surface area contributed by atoms with Crippen molar-refractivity contribution < 1.29 is 27.2 Å². The van der Waals surface area contributed by atoms with Gasteiger partial charge in [0.1, 0.15) is 0 Å². The number of alkyl halides is 3. The Labute approximate surface area is 182 Å². The van der Waals surface area contributed by atoms with Crippen molar-refractivity contribution in [3.8, 4) is 0 Å². The molecular formula is C21H24F3N5O3. The molecule has 2 fully saturated rings. The molecule has 8 nitrogen and oxygen atoms in total. The molecule has 1 aliphatic carbocycles. The number of carbonyl (C=O) groups is 2. The molecule has 172 valence electrons. The second-order valence-electron chi connectivity index (χ2n) is 8.05. The fourth-order valence-electron chi connectivity index (χ4n) is 3.70. The molecule has 2 aromatic rings. The Morgan fingerprint density at radius 2 is 1.81 bits per heavy atom. The Hall–Kier alpha value is -3.11. The smallest absolute Gasteiger partial charge is 0.399 e. The van der Waals surface area contributed by atoms with Gasteiger partial charge in [0.05, 0.1) is 11.1 Å². The van der Waals surface area contributed by atoms with E-state index < -0.39 is 23.6 Å². The number of hydrogen-bond donors (Lipinski definition) is 1. The largest absolute Gasteiger partial charge is 0.417 e. The summed E-state index contributed by atoms with van der Waals surface area (Å²) in [5, 5.41) is 10.4. The summed E-state index contributed by atoms with van der Waals surface area (Å²) in [4.78, 5) is 27.9. The minimum Gasteiger partial charge on any atom is -0.399 e. The highest BCUT2D eigenvalue weighted by atomic mass is 19.4. The number of hydrogen-bond acceptors (Lipinski definition) is 6. The van der Waals surface area contributed by atoms with Gasteiger partial charge < -0.3 is 19.5 Å². The van der Waals surface area contributed by atoms with E-state index in [1.54, 1.807) is 4.90 Å². The molecule has 0 spiro atoms. The third kappa shape index (κ3) is 5.20. The lowest BCUT2D eigenvalue weighted by molar-refractivity contribution is -0.138. The maximum atomic E-state index is 13.2. The van der Waals surface area contributed by atoms with E-state index in [1.165, 1.54) is 35.9 Å². The van der Waals surface area contributed by atoms with Crippen LogP contribution in [-0.2, 0) is 6.18 Å². The van der Waals surface area contributed by atoms with Crippen LogP contribution in [0.3, 0.4) is 0 Å². The molecule has 0 atom stereocenters. The van der Waals surface area contributed by atoms with Gasteiger partial charge in [0.25, 0.3) is 5.91 Å². The van der Waals surface area contributed by atoms with Crippen molar-refractivity contribution in [3.05, 3.63) is 41.3 Å². The number of benzene rings is 1. The average molecular weight is 451 g/mol. The van der Waals surface area contributed by atoms with Gasteiger partial charge >= 0.3 is 24.0 Å². The highest BCUT2D eigenvalue weighted by Gasteiger charge is 2.36. The molecule has 2 amide bonds. The van der Waals surface area contributed by atoms with Gasteiger partial charge in [-0.3, -0.25) is 9.59 Å². The quantitative estimate of drug-likeness (QED) is 0.651. The van der Waals surface area contributed by atoms with E-state index in [9.17, 15) is 22.8 Å². The number of aromatic nitrogens is 2. The van der Waals surface area contributed by atoms with Crippen molar-refractivity contribution in [2.75, 3.05) is 37.6 Å². The lowest BCUT2D eigenvalue weighted by atomic mass is 10.1. The molecule has 0 radical (unpaired) electrons. The van der Waals surface area contributed by atoms with Crippen LogP contribution in [0, 0.1) is 5.92 Å². The average Bonchev–Trinajstić information content (AvgIpc) is 3.48. The molecular weight excluding hydrogens is 427 g/mol. The van der Waals surface area contributed by atoms with Crippen molar-refractivity contribution in [1.29, 1.82) is 0 Å². The SMILES string of the molecule is O=C(NCCCC1CC1)c1nnc(N2CCN(C(=O)c3ccccc3C(F)(F)F)CC2)o1. The molecule has 1 saturated carbocycles. The molecule has 0 bridgehead atoms. The van der Waals surface area contributed by atoms with E-state index >= 15 is 0 Å². The maximum Gasteiger partial charge on any atom is 0.417 e. The number of nitrogens with one attached hydrogen (secondary N) is 1. The van der Waals surface area contributed by atoms with Gasteiger partial charge in [-0.15, -0.1) is 5.10 Å². The van der Waals surface area contributed by atoms with Crippen LogP contribution in [0.2, 0.25) is 0 Å². The highest BCUT2D eigenvalue weighted by Crippen LogP contribution is 2.33. The van der Waals surface area contributed by atoms with E-state index in [0.717, 1.165) is 24.8 Å². The zero-order chi connectivity index (χ0) is 22.7. The molecule has 4 rings (SSSR count). The molecule has 1 aromatic carbocycles. The van der Waals surface area contributed by atoms with E-state index in [-0.39, 0.29) is 30.6 Å². The molecule has 11 heteroatoms. The van der Waals surface area contributed by atoms with Crippen LogP contribution < -0.4 is 10.2 Å². The van der Waals surface area contributed by atoms with Crippen molar-refractivity contribution in [1.82, 2.24) is 20.4 Å². The third-order valence-corrected chi connectivity index (χ3v) is 5.68. The molecule has 1 saturated heterocycles. The number of carbonyl (C=O) groups excluding carboxylic acids is 2. The van der Waals surface area contributed by atoms with Gasteiger partial charge in [0, 0.05) is 32.7 Å². The van der Waals surface area contributed by atoms with Crippen LogP contribution in [0.25, 0.3) is 0 Å². The van der Waals surface area contributed by atoms with E-state index in [1.807, 2.05) is 0 Å². The fourth-order valence-corrected chi connectivity index (χ4v) is 3.70. The second kappa shape index (κ2) is 9.17. The summed E-state index contributed by atoms with van der Waals surface area (Å²) in [6.45, 7) is 1.52. The van der Waals surface area contributed by atoms with E-state index in [2.05, 4.69) is 15.5 Å². The summed E-state index contributed by atoms with van der Waals surface area (Å²) >= 11 is 0. The number of rotatable bonds is 7. The number of piperazine rings is 1. The van der Waals surface area contributed by atoms with Crippen molar-refractivity contribution in [2.45, 2.75) is 31.9 Å². The minimum atomic E-state index is -4.60. The lowest BCUT2D eigenvalue weighted by Gasteiger charge is -2.34. The Balaban J connectivity index is 1.30. The Kier molecular flexibility index (Phi) is 6.33. The topological polar surface area (TPSA) is 91.6 Å². The van der Waals surface area contributed by atoms with Crippen LogP contribution in [0.5, 0.6) is 0 Å². The summed E-state index contributed by atoms with van der Waals surface area (Å²) in [6, 6.07) is 4.91. The lowest BCUT2D eigenvalue weighted by Crippen LogP contribution is -2.49. The number of anilines is 1. The predicted octanol–water partition coefficient (Wildman–Crippen LogP) is 2.97. The Morgan fingerprint density at radius 3 is 2.50 bits per heavy atom. The highest BCUT2D eigenvalue weighted by molar-refractivity contribution is 5.96. The monoisotopic (exact) mass is 451 g/mol. The first-order valence-corrected chi connectivity index (χ1v) is 10.6.